The summed E-state index contributed by atoms with van der Waals surface area (Å²) in [7, 11) is -4.45. The number of hydrogen-bond donors (Lipinski definition) is 4. The number of allylic oxidation sites excluding steroid dienone is 3. The van der Waals surface area contributed by atoms with Crippen LogP contribution >= 0.6 is 0 Å². The van der Waals surface area contributed by atoms with Crippen LogP contribution in [0.4, 0.5) is 0 Å². The van der Waals surface area contributed by atoms with Crippen molar-refractivity contribution in [1.82, 2.24) is 5.32 Å². The van der Waals surface area contributed by atoms with Crippen LogP contribution in [0.15, 0.2) is 24.3 Å². The van der Waals surface area contributed by atoms with Crippen LogP contribution < -0.4 is 5.32 Å². The molecule has 3 unspecified atom stereocenters. The van der Waals surface area contributed by atoms with Gasteiger partial charge in [0.1, 0.15) is 6.10 Å². The van der Waals surface area contributed by atoms with Crippen molar-refractivity contribution in [3.05, 3.63) is 24.3 Å². The van der Waals surface area contributed by atoms with Gasteiger partial charge < -0.3 is 15.5 Å². The zero-order valence-corrected chi connectivity index (χ0v) is 39.8. The fourth-order valence-corrected chi connectivity index (χ4v) is 8.80. The first-order valence-corrected chi connectivity index (χ1v) is 27.3. The second kappa shape index (κ2) is 44.8. The third kappa shape index (κ3) is 44.6. The number of aliphatic hydroxyl groups excluding tert-OH is 2. The predicted molar refractivity (Wildman–Crippen MR) is 255 cm³/mol. The number of unbranched alkanes of at least 4 members (excludes halogenated alkanes) is 36. The SMILES string of the molecule is CCCCCCCCCCCCCCCCC/C=C/CC/C=C/C(O)C(CS(=O)(=O)O)NC(=O)C(O)CCCCCCCCCCCCCCCCCCCCCCC. The van der Waals surface area contributed by atoms with E-state index in [1.807, 2.05) is 0 Å². The summed E-state index contributed by atoms with van der Waals surface area (Å²) >= 11 is 0. The molecule has 0 fully saturated rings. The molecular weight excluding hydrogens is 755 g/mol. The van der Waals surface area contributed by atoms with E-state index in [4.69, 9.17) is 0 Å². The van der Waals surface area contributed by atoms with Crippen LogP contribution in [-0.4, -0.2) is 53.1 Å². The van der Waals surface area contributed by atoms with E-state index in [-0.39, 0.29) is 6.42 Å². The Morgan fingerprint density at radius 2 is 0.763 bits per heavy atom. The van der Waals surface area contributed by atoms with Gasteiger partial charge in [-0.15, -0.1) is 0 Å². The molecule has 0 aliphatic carbocycles. The van der Waals surface area contributed by atoms with Crippen molar-refractivity contribution >= 4 is 16.0 Å². The lowest BCUT2D eigenvalue weighted by Crippen LogP contribution is -2.50. The molecule has 59 heavy (non-hydrogen) atoms. The second-order valence-electron chi connectivity index (χ2n) is 17.9. The standard InChI is InChI=1S/C51H99NO6S/c1-3-5-7-9-11-13-15-17-19-21-23-25-27-29-31-33-35-37-39-41-43-45-49(53)48(47-59(56,57)58)52-51(55)50(54)46-44-42-40-38-36-34-32-30-28-26-24-22-20-18-16-14-12-10-8-6-4-2/h35,37,43,45,48-50,53-54H,3-34,36,38-42,44,46-47H2,1-2H3,(H,52,55)(H,56,57,58)/b37-35+,45-43+. The molecule has 0 saturated heterocycles. The Labute approximate surface area is 367 Å². The highest BCUT2D eigenvalue weighted by molar-refractivity contribution is 7.85. The first-order valence-electron chi connectivity index (χ1n) is 25.6. The van der Waals surface area contributed by atoms with E-state index in [9.17, 15) is 28.0 Å². The lowest BCUT2D eigenvalue weighted by molar-refractivity contribution is -0.130. The predicted octanol–water partition coefficient (Wildman–Crippen LogP) is 14.8. The van der Waals surface area contributed by atoms with Gasteiger partial charge in [-0.3, -0.25) is 9.35 Å². The van der Waals surface area contributed by atoms with Crippen LogP contribution in [0, 0.1) is 0 Å². The summed E-state index contributed by atoms with van der Waals surface area (Å²) < 4.78 is 32.7. The van der Waals surface area contributed by atoms with Crippen molar-refractivity contribution in [1.29, 1.82) is 0 Å². The molecule has 0 saturated carbocycles. The zero-order chi connectivity index (χ0) is 43.3. The third-order valence-electron chi connectivity index (χ3n) is 12.0. The molecule has 0 aliphatic heterocycles. The smallest absolute Gasteiger partial charge is 0.267 e. The van der Waals surface area contributed by atoms with Crippen LogP contribution in [0.1, 0.15) is 271 Å². The molecule has 0 spiro atoms. The monoisotopic (exact) mass is 854 g/mol. The van der Waals surface area contributed by atoms with Gasteiger partial charge in [-0.05, 0) is 32.1 Å². The maximum atomic E-state index is 12.7. The van der Waals surface area contributed by atoms with E-state index < -0.39 is 40.0 Å². The lowest BCUT2D eigenvalue weighted by Gasteiger charge is -2.22. The van der Waals surface area contributed by atoms with E-state index >= 15 is 0 Å². The molecule has 0 aliphatic rings. The number of rotatable bonds is 47. The number of carbonyl (C=O) groups excluding carboxylic acids is 1. The summed E-state index contributed by atoms with van der Waals surface area (Å²) in [5, 5.41) is 23.5. The Bertz CT molecular complexity index is 1050. The van der Waals surface area contributed by atoms with Crippen LogP contribution in [0.25, 0.3) is 0 Å². The molecule has 8 heteroatoms. The summed E-state index contributed by atoms with van der Waals surface area (Å²) in [6.45, 7) is 4.55. The normalized spacial score (nSPS) is 13.8. The molecule has 0 radical (unpaired) electrons. The van der Waals surface area contributed by atoms with Crippen LogP contribution in [0.2, 0.25) is 0 Å². The highest BCUT2D eigenvalue weighted by Crippen LogP contribution is 2.17. The number of hydrogen-bond acceptors (Lipinski definition) is 5. The first-order chi connectivity index (χ1) is 28.7. The molecule has 4 N–H and O–H groups in total. The summed E-state index contributed by atoms with van der Waals surface area (Å²) in [5.41, 5.74) is 0. The third-order valence-corrected chi connectivity index (χ3v) is 12.8. The highest BCUT2D eigenvalue weighted by Gasteiger charge is 2.27. The van der Waals surface area contributed by atoms with E-state index in [2.05, 4.69) is 31.3 Å². The van der Waals surface area contributed by atoms with Crippen LogP contribution in [0.3, 0.4) is 0 Å². The van der Waals surface area contributed by atoms with Gasteiger partial charge in [-0.2, -0.15) is 8.42 Å². The molecule has 1 amide bonds. The lowest BCUT2D eigenvalue weighted by atomic mass is 10.0. The Kier molecular flexibility index (Phi) is 43.9. The molecule has 0 aromatic carbocycles. The fourth-order valence-electron chi connectivity index (χ4n) is 8.06. The summed E-state index contributed by atoms with van der Waals surface area (Å²) in [6, 6.07) is -1.25. The van der Waals surface area contributed by atoms with E-state index in [1.165, 1.54) is 212 Å². The van der Waals surface area contributed by atoms with Gasteiger partial charge in [0.2, 0.25) is 5.91 Å². The topological polar surface area (TPSA) is 124 Å². The number of aliphatic hydroxyl groups is 2. The van der Waals surface area contributed by atoms with Crippen molar-refractivity contribution in [2.45, 2.75) is 289 Å². The molecule has 350 valence electrons. The zero-order valence-electron chi connectivity index (χ0n) is 39.0. The average Bonchev–Trinajstić information content (AvgIpc) is 3.21. The minimum Gasteiger partial charge on any atom is -0.387 e. The first kappa shape index (κ1) is 57.8. The fraction of sp³-hybridized carbons (Fsp3) is 0.902. The number of nitrogens with one attached hydrogen (secondary N) is 1. The average molecular weight is 854 g/mol. The molecule has 0 rings (SSSR count). The Morgan fingerprint density at radius 3 is 1.12 bits per heavy atom. The van der Waals surface area contributed by atoms with Gasteiger partial charge in [0, 0.05) is 0 Å². The summed E-state index contributed by atoms with van der Waals surface area (Å²) in [5.74, 6) is -1.55. The van der Waals surface area contributed by atoms with E-state index in [0.717, 1.165) is 32.1 Å². The van der Waals surface area contributed by atoms with E-state index in [0.29, 0.717) is 12.8 Å². The minimum absolute atomic E-state index is 0.279. The second-order valence-corrected chi connectivity index (χ2v) is 19.4. The molecular formula is C51H99NO6S. The van der Waals surface area contributed by atoms with E-state index in [1.54, 1.807) is 6.08 Å². The largest absolute Gasteiger partial charge is 0.387 e. The van der Waals surface area contributed by atoms with Gasteiger partial charge in [-0.25, -0.2) is 0 Å². The van der Waals surface area contributed by atoms with Crippen molar-refractivity contribution in [2.75, 3.05) is 5.75 Å². The van der Waals surface area contributed by atoms with Crippen LogP contribution in [0.5, 0.6) is 0 Å². The molecule has 0 aromatic heterocycles. The maximum absolute atomic E-state index is 12.7. The van der Waals surface area contributed by atoms with Gasteiger partial charge in [0.05, 0.1) is 17.9 Å². The highest BCUT2D eigenvalue weighted by atomic mass is 32.2. The minimum atomic E-state index is -4.45. The van der Waals surface area contributed by atoms with Gasteiger partial charge in [-0.1, -0.05) is 263 Å². The van der Waals surface area contributed by atoms with Gasteiger partial charge >= 0.3 is 0 Å². The van der Waals surface area contributed by atoms with Gasteiger partial charge in [0.25, 0.3) is 10.1 Å². The quantitative estimate of drug-likeness (QED) is 0.0275. The Hall–Kier alpha value is -1.22. The molecule has 0 aromatic rings. The van der Waals surface area contributed by atoms with Crippen LogP contribution in [-0.2, 0) is 14.9 Å². The summed E-state index contributed by atoms with van der Waals surface area (Å²) in [4.78, 5) is 12.7. The van der Waals surface area contributed by atoms with Crippen molar-refractivity contribution < 1.29 is 28.0 Å². The maximum Gasteiger partial charge on any atom is 0.267 e. The molecule has 3 atom stereocenters. The Balaban J connectivity index is 3.91. The number of carbonyl (C=O) groups is 1. The number of amides is 1. The van der Waals surface area contributed by atoms with Crippen molar-refractivity contribution in [2.24, 2.45) is 0 Å². The molecule has 0 heterocycles. The van der Waals surface area contributed by atoms with Crippen molar-refractivity contribution in [3.8, 4) is 0 Å². The van der Waals surface area contributed by atoms with Crippen molar-refractivity contribution in [3.63, 3.8) is 0 Å². The molecule has 0 bridgehead atoms. The van der Waals surface area contributed by atoms with Gasteiger partial charge in [0.15, 0.2) is 0 Å². The Morgan fingerprint density at radius 1 is 0.458 bits per heavy atom. The summed E-state index contributed by atoms with van der Waals surface area (Å²) in [6.07, 6.45) is 55.4. The molecule has 7 nitrogen and oxygen atoms in total.